The summed E-state index contributed by atoms with van der Waals surface area (Å²) >= 11 is 0.771. The molecule has 1 aliphatic rings. The highest BCUT2D eigenvalue weighted by Crippen LogP contribution is 2.32. The number of ether oxygens (including phenoxy) is 1. The van der Waals surface area contributed by atoms with Crippen molar-refractivity contribution < 1.29 is 23.9 Å². The van der Waals surface area contributed by atoms with Gasteiger partial charge in [-0.2, -0.15) is 0 Å². The van der Waals surface area contributed by atoms with Gasteiger partial charge in [0.1, 0.15) is 12.3 Å². The van der Waals surface area contributed by atoms with Gasteiger partial charge in [-0.3, -0.25) is 24.1 Å². The molecule has 1 aliphatic heterocycles. The van der Waals surface area contributed by atoms with Crippen molar-refractivity contribution >= 4 is 46.5 Å². The van der Waals surface area contributed by atoms with Gasteiger partial charge in [0.2, 0.25) is 5.91 Å². The molecule has 3 rings (SSSR count). The fourth-order valence-electron chi connectivity index (χ4n) is 2.58. The van der Waals surface area contributed by atoms with Gasteiger partial charge < -0.3 is 15.8 Å². The van der Waals surface area contributed by atoms with Crippen LogP contribution in [0.5, 0.6) is 5.75 Å². The van der Waals surface area contributed by atoms with Crippen LogP contribution < -0.4 is 15.8 Å². The van der Waals surface area contributed by atoms with Gasteiger partial charge >= 0.3 is 0 Å². The highest BCUT2D eigenvalue weighted by Gasteiger charge is 2.36. The largest absolute Gasteiger partial charge is 0.484 e. The minimum Gasteiger partial charge on any atom is -0.484 e. The van der Waals surface area contributed by atoms with Crippen LogP contribution in [0.2, 0.25) is 0 Å². The predicted molar refractivity (Wildman–Crippen MR) is 114 cm³/mol. The molecular formula is C21H19N3O5S. The molecule has 0 bridgehead atoms. The van der Waals surface area contributed by atoms with Crippen molar-refractivity contribution in [1.29, 1.82) is 0 Å². The van der Waals surface area contributed by atoms with E-state index in [0.29, 0.717) is 17.0 Å². The van der Waals surface area contributed by atoms with Gasteiger partial charge in [0.25, 0.3) is 17.1 Å². The van der Waals surface area contributed by atoms with Gasteiger partial charge in [0.15, 0.2) is 6.61 Å². The van der Waals surface area contributed by atoms with Crippen LogP contribution in [-0.2, 0) is 14.4 Å². The Morgan fingerprint density at radius 2 is 1.77 bits per heavy atom. The van der Waals surface area contributed by atoms with E-state index in [1.807, 2.05) is 19.1 Å². The predicted octanol–water partition coefficient (Wildman–Crippen LogP) is 2.53. The third kappa shape index (κ3) is 5.48. The van der Waals surface area contributed by atoms with Gasteiger partial charge in [-0.15, -0.1) is 0 Å². The Hall–Kier alpha value is -3.59. The summed E-state index contributed by atoms with van der Waals surface area (Å²) in [6.45, 7) is 1.33. The number of hydrogen-bond donors (Lipinski definition) is 2. The molecule has 0 aromatic heterocycles. The molecule has 0 radical (unpaired) electrons. The number of carbonyl (C=O) groups excluding carboxylic acids is 4. The molecule has 0 atom stereocenters. The number of nitrogens with two attached hydrogens (primary N) is 1. The van der Waals surface area contributed by atoms with Crippen LogP contribution in [0.1, 0.15) is 11.1 Å². The molecular weight excluding hydrogens is 406 g/mol. The number of amides is 4. The van der Waals surface area contributed by atoms with Crippen molar-refractivity contribution in [3.05, 3.63) is 64.6 Å². The molecule has 0 aliphatic carbocycles. The zero-order valence-corrected chi connectivity index (χ0v) is 16.9. The summed E-state index contributed by atoms with van der Waals surface area (Å²) in [5, 5.41) is 2.16. The summed E-state index contributed by atoms with van der Waals surface area (Å²) in [4.78, 5) is 48.9. The summed E-state index contributed by atoms with van der Waals surface area (Å²) in [6.07, 6.45) is 1.56. The first-order chi connectivity index (χ1) is 14.3. The molecule has 2 aromatic carbocycles. The van der Waals surface area contributed by atoms with E-state index in [9.17, 15) is 19.2 Å². The number of thioether (sulfide) groups is 1. The van der Waals surface area contributed by atoms with E-state index in [1.54, 1.807) is 42.5 Å². The number of nitrogens with one attached hydrogen (secondary N) is 1. The van der Waals surface area contributed by atoms with E-state index in [0.717, 1.165) is 22.2 Å². The van der Waals surface area contributed by atoms with Crippen LogP contribution in [0.25, 0.3) is 6.08 Å². The second-order valence-electron chi connectivity index (χ2n) is 6.51. The molecule has 3 N–H and O–H groups in total. The lowest BCUT2D eigenvalue weighted by Gasteiger charge is -2.12. The van der Waals surface area contributed by atoms with Crippen molar-refractivity contribution in [3.8, 4) is 5.75 Å². The minimum atomic E-state index is -0.584. The molecule has 1 saturated heterocycles. The van der Waals surface area contributed by atoms with E-state index in [1.165, 1.54) is 0 Å². The standard InChI is InChI=1S/C21H19N3O5S/c1-13-2-6-15(7-3-13)23-19(26)11-24-20(27)17(30-21(24)28)10-14-4-8-16(9-5-14)29-12-18(22)25/h2-10H,11-12H2,1H3,(H2,22,25)(H,23,26). The lowest BCUT2D eigenvalue weighted by Crippen LogP contribution is -2.36. The average Bonchev–Trinajstić information content (AvgIpc) is 2.96. The highest BCUT2D eigenvalue weighted by molar-refractivity contribution is 8.18. The molecule has 4 amide bonds. The summed E-state index contributed by atoms with van der Waals surface area (Å²) in [6, 6.07) is 13.8. The molecule has 1 fully saturated rings. The van der Waals surface area contributed by atoms with Gasteiger partial charge in [0, 0.05) is 5.69 Å². The molecule has 0 unspecified atom stereocenters. The van der Waals surface area contributed by atoms with Crippen LogP contribution in [0.3, 0.4) is 0 Å². The normalized spacial score (nSPS) is 14.8. The first kappa shape index (κ1) is 21.1. The summed E-state index contributed by atoms with van der Waals surface area (Å²) in [7, 11) is 0. The Bertz CT molecular complexity index is 1020. The lowest BCUT2D eigenvalue weighted by atomic mass is 10.2. The third-order valence-electron chi connectivity index (χ3n) is 4.07. The first-order valence-corrected chi connectivity index (χ1v) is 9.76. The number of aryl methyl sites for hydroxylation is 1. The number of nitrogens with zero attached hydrogens (tertiary/aromatic N) is 1. The molecule has 30 heavy (non-hydrogen) atoms. The van der Waals surface area contributed by atoms with Crippen molar-refractivity contribution in [2.24, 2.45) is 5.73 Å². The number of hydrogen-bond acceptors (Lipinski definition) is 6. The second-order valence-corrected chi connectivity index (χ2v) is 7.50. The number of carbonyl (C=O) groups is 4. The van der Waals surface area contributed by atoms with E-state index in [-0.39, 0.29) is 18.1 Å². The maximum absolute atomic E-state index is 12.6. The summed E-state index contributed by atoms with van der Waals surface area (Å²) in [5.41, 5.74) is 7.33. The topological polar surface area (TPSA) is 119 Å². The average molecular weight is 425 g/mol. The maximum Gasteiger partial charge on any atom is 0.294 e. The van der Waals surface area contributed by atoms with Crippen molar-refractivity contribution in [2.75, 3.05) is 18.5 Å². The molecule has 9 heteroatoms. The Kier molecular flexibility index (Phi) is 6.53. The smallest absolute Gasteiger partial charge is 0.294 e. The molecule has 1 heterocycles. The van der Waals surface area contributed by atoms with Crippen molar-refractivity contribution in [2.45, 2.75) is 6.92 Å². The Labute approximate surface area is 177 Å². The number of rotatable bonds is 7. The van der Waals surface area contributed by atoms with Gasteiger partial charge in [-0.1, -0.05) is 29.8 Å². The monoisotopic (exact) mass is 425 g/mol. The van der Waals surface area contributed by atoms with Crippen molar-refractivity contribution in [1.82, 2.24) is 4.90 Å². The number of primary amides is 1. The van der Waals surface area contributed by atoms with Crippen LogP contribution in [0.15, 0.2) is 53.4 Å². The van der Waals surface area contributed by atoms with E-state index in [4.69, 9.17) is 10.5 Å². The van der Waals surface area contributed by atoms with E-state index >= 15 is 0 Å². The maximum atomic E-state index is 12.6. The van der Waals surface area contributed by atoms with Crippen LogP contribution in [-0.4, -0.2) is 41.0 Å². The fourth-order valence-corrected chi connectivity index (χ4v) is 3.42. The van der Waals surface area contributed by atoms with Gasteiger partial charge in [0.05, 0.1) is 4.91 Å². The lowest BCUT2D eigenvalue weighted by molar-refractivity contribution is -0.127. The number of benzene rings is 2. The van der Waals surface area contributed by atoms with Crippen LogP contribution in [0, 0.1) is 6.92 Å². The van der Waals surface area contributed by atoms with Gasteiger partial charge in [-0.05, 0) is 54.6 Å². The SMILES string of the molecule is Cc1ccc(NC(=O)CN2C(=O)SC(=Cc3ccc(OCC(N)=O)cc3)C2=O)cc1. The zero-order valence-electron chi connectivity index (χ0n) is 16.1. The van der Waals surface area contributed by atoms with E-state index in [2.05, 4.69) is 5.32 Å². The quantitative estimate of drug-likeness (QED) is 0.658. The molecule has 0 saturated carbocycles. The summed E-state index contributed by atoms with van der Waals surface area (Å²) in [5.74, 6) is -1.12. The molecule has 0 spiro atoms. The summed E-state index contributed by atoms with van der Waals surface area (Å²) < 4.78 is 5.17. The van der Waals surface area contributed by atoms with Gasteiger partial charge in [-0.25, -0.2) is 0 Å². The molecule has 8 nitrogen and oxygen atoms in total. The minimum absolute atomic E-state index is 0.217. The van der Waals surface area contributed by atoms with Crippen LogP contribution in [0.4, 0.5) is 10.5 Å². The Balaban J connectivity index is 1.62. The highest BCUT2D eigenvalue weighted by atomic mass is 32.2. The first-order valence-electron chi connectivity index (χ1n) is 8.95. The Morgan fingerprint density at radius 1 is 1.10 bits per heavy atom. The van der Waals surface area contributed by atoms with Crippen LogP contribution >= 0.6 is 11.8 Å². The van der Waals surface area contributed by atoms with Crippen molar-refractivity contribution in [3.63, 3.8) is 0 Å². The second kappa shape index (κ2) is 9.27. The van der Waals surface area contributed by atoms with E-state index < -0.39 is 23.0 Å². The number of imide groups is 1. The molecule has 2 aromatic rings. The Morgan fingerprint density at radius 3 is 2.40 bits per heavy atom. The zero-order chi connectivity index (χ0) is 21.7. The third-order valence-corrected chi connectivity index (χ3v) is 4.98. The number of anilines is 1. The molecule has 154 valence electrons. The fraction of sp³-hybridized carbons (Fsp3) is 0.143.